The second-order valence-electron chi connectivity index (χ2n) is 7.74. The third-order valence-electron chi connectivity index (χ3n) is 4.14. The Hall–Kier alpha value is -1.18. The Labute approximate surface area is 118 Å². The van der Waals surface area contributed by atoms with Crippen LogP contribution in [0.25, 0.3) is 0 Å². The molecule has 0 radical (unpaired) electrons. The van der Waals surface area contributed by atoms with Gasteiger partial charge >= 0.3 is 0 Å². The Morgan fingerprint density at radius 2 is 1.53 bits per heavy atom. The van der Waals surface area contributed by atoms with Crippen LogP contribution in [0.5, 0.6) is 0 Å². The highest BCUT2D eigenvalue weighted by Gasteiger charge is 2.37. The maximum Gasteiger partial charge on any atom is 0.0990 e. The van der Waals surface area contributed by atoms with Crippen molar-refractivity contribution in [3.8, 4) is 0 Å². The molecule has 0 saturated heterocycles. The largest absolute Gasteiger partial charge is 0.353 e. The average molecular weight is 260 g/mol. The average Bonchev–Trinajstić information content (AvgIpc) is 2.49. The Balaban J connectivity index is 2.54. The van der Waals surface area contributed by atoms with Crippen molar-refractivity contribution in [2.75, 3.05) is 16.8 Å². The molecular weight excluding hydrogens is 232 g/mol. The minimum atomic E-state index is 0.141. The summed E-state index contributed by atoms with van der Waals surface area (Å²) < 4.78 is 0. The van der Waals surface area contributed by atoms with Gasteiger partial charge < -0.3 is 9.80 Å². The van der Waals surface area contributed by atoms with Crippen LogP contribution >= 0.6 is 0 Å². The van der Waals surface area contributed by atoms with Gasteiger partial charge in [0.1, 0.15) is 0 Å². The molecular formula is C17H28N2. The van der Waals surface area contributed by atoms with Gasteiger partial charge in [0.05, 0.1) is 17.5 Å². The fourth-order valence-electron chi connectivity index (χ4n) is 2.97. The van der Waals surface area contributed by atoms with Gasteiger partial charge in [-0.25, -0.2) is 0 Å². The van der Waals surface area contributed by atoms with Crippen molar-refractivity contribution in [3.63, 3.8) is 0 Å². The van der Waals surface area contributed by atoms with E-state index in [-0.39, 0.29) is 11.0 Å². The molecule has 1 aromatic carbocycles. The maximum absolute atomic E-state index is 2.51. The molecule has 0 bridgehead atoms. The van der Waals surface area contributed by atoms with Crippen molar-refractivity contribution in [3.05, 3.63) is 23.8 Å². The molecule has 2 nitrogen and oxygen atoms in total. The Bertz CT molecular complexity index is 477. The minimum Gasteiger partial charge on any atom is -0.353 e. The van der Waals surface area contributed by atoms with Gasteiger partial charge in [0.15, 0.2) is 0 Å². The first-order chi connectivity index (χ1) is 8.53. The maximum atomic E-state index is 2.51. The van der Waals surface area contributed by atoms with E-state index in [0.29, 0.717) is 6.17 Å². The van der Waals surface area contributed by atoms with E-state index >= 15 is 0 Å². The van der Waals surface area contributed by atoms with E-state index in [0.717, 1.165) is 0 Å². The van der Waals surface area contributed by atoms with Crippen LogP contribution in [0.1, 0.15) is 54.0 Å². The molecule has 19 heavy (non-hydrogen) atoms. The van der Waals surface area contributed by atoms with Gasteiger partial charge in [-0.3, -0.25) is 0 Å². The lowest BCUT2D eigenvalue weighted by Crippen LogP contribution is -2.49. The van der Waals surface area contributed by atoms with E-state index in [1.165, 1.54) is 16.9 Å². The predicted octanol–water partition coefficient (Wildman–Crippen LogP) is 4.38. The molecule has 0 aliphatic carbocycles. The third kappa shape index (κ3) is 2.33. The fraction of sp³-hybridized carbons (Fsp3) is 0.647. The van der Waals surface area contributed by atoms with Crippen molar-refractivity contribution in [2.24, 2.45) is 0 Å². The zero-order chi connectivity index (χ0) is 14.6. The van der Waals surface area contributed by atoms with Crippen LogP contribution in [-0.4, -0.2) is 18.8 Å². The summed E-state index contributed by atoms with van der Waals surface area (Å²) in [5, 5.41) is 0. The van der Waals surface area contributed by atoms with Gasteiger partial charge in [-0.15, -0.1) is 0 Å². The number of hydrogen-bond donors (Lipinski definition) is 0. The lowest BCUT2D eigenvalue weighted by molar-refractivity contribution is 0.464. The number of nitrogens with zero attached hydrogens (tertiary/aromatic N) is 2. The minimum absolute atomic E-state index is 0.141. The molecule has 1 aliphatic rings. The Morgan fingerprint density at radius 3 is 2.00 bits per heavy atom. The number of anilines is 2. The molecule has 1 aromatic rings. The highest BCUT2D eigenvalue weighted by Crippen LogP contribution is 2.44. The summed E-state index contributed by atoms with van der Waals surface area (Å²) in [6.45, 7) is 15.9. The normalized spacial score (nSPS) is 19.9. The van der Waals surface area contributed by atoms with E-state index in [1.807, 2.05) is 0 Å². The fourth-order valence-corrected chi connectivity index (χ4v) is 2.97. The smallest absolute Gasteiger partial charge is 0.0990 e. The molecule has 1 atom stereocenters. The second kappa shape index (κ2) is 4.16. The summed E-state index contributed by atoms with van der Waals surface area (Å²) in [5.41, 5.74) is 4.46. The molecule has 2 rings (SSSR count). The van der Waals surface area contributed by atoms with Gasteiger partial charge in [-0.1, -0.05) is 26.8 Å². The molecule has 0 unspecified atom stereocenters. The summed E-state index contributed by atoms with van der Waals surface area (Å²) in [4.78, 5) is 4.89. The molecule has 0 saturated carbocycles. The first-order valence-electron chi connectivity index (χ1n) is 7.20. The van der Waals surface area contributed by atoms with Crippen LogP contribution in [0.2, 0.25) is 0 Å². The molecule has 0 N–H and O–H groups in total. The first-order valence-corrected chi connectivity index (χ1v) is 7.20. The number of hydrogen-bond acceptors (Lipinski definition) is 2. The van der Waals surface area contributed by atoms with Gasteiger partial charge in [-0.2, -0.15) is 0 Å². The summed E-state index contributed by atoms with van der Waals surface area (Å²) in [7, 11) is 2.20. The van der Waals surface area contributed by atoms with Crippen molar-refractivity contribution in [1.29, 1.82) is 0 Å². The number of benzene rings is 1. The van der Waals surface area contributed by atoms with Crippen molar-refractivity contribution in [2.45, 2.75) is 65.6 Å². The first kappa shape index (κ1) is 14.2. The Morgan fingerprint density at radius 1 is 0.947 bits per heavy atom. The number of rotatable bonds is 0. The van der Waals surface area contributed by atoms with Gasteiger partial charge in [0.2, 0.25) is 0 Å². The summed E-state index contributed by atoms with van der Waals surface area (Å²) in [5.74, 6) is 0. The quantitative estimate of drug-likeness (QED) is 0.683. The number of fused-ring (bicyclic) bond motifs is 1. The van der Waals surface area contributed by atoms with Crippen LogP contribution < -0.4 is 9.80 Å². The van der Waals surface area contributed by atoms with Crippen LogP contribution in [0.15, 0.2) is 18.2 Å². The monoisotopic (exact) mass is 260 g/mol. The summed E-state index contributed by atoms with van der Waals surface area (Å²) >= 11 is 0. The molecule has 106 valence electrons. The van der Waals surface area contributed by atoms with E-state index in [4.69, 9.17) is 0 Å². The van der Waals surface area contributed by atoms with Crippen LogP contribution in [0, 0.1) is 0 Å². The van der Waals surface area contributed by atoms with Crippen LogP contribution in [-0.2, 0) is 5.41 Å². The van der Waals surface area contributed by atoms with E-state index < -0.39 is 0 Å². The zero-order valence-electron chi connectivity index (χ0n) is 13.7. The highest BCUT2D eigenvalue weighted by molar-refractivity contribution is 5.79. The molecule has 0 fully saturated rings. The SMILES string of the molecule is C[C@H]1N(C)c2cc(C(C)(C)C)ccc2N1C(C)(C)C. The molecule has 0 amide bonds. The highest BCUT2D eigenvalue weighted by atomic mass is 15.4. The Kier molecular flexibility index (Phi) is 3.11. The van der Waals surface area contributed by atoms with Crippen molar-refractivity contribution in [1.82, 2.24) is 0 Å². The van der Waals surface area contributed by atoms with Crippen LogP contribution in [0.3, 0.4) is 0 Å². The topological polar surface area (TPSA) is 6.48 Å². The molecule has 2 heteroatoms. The molecule has 0 aromatic heterocycles. The van der Waals surface area contributed by atoms with Gasteiger partial charge in [0, 0.05) is 12.6 Å². The summed E-state index contributed by atoms with van der Waals surface area (Å²) in [6, 6.07) is 6.93. The standard InChI is InChI=1S/C17H28N2/c1-12-18(8)15-11-13(16(2,3)4)9-10-14(15)19(12)17(5,6)7/h9-12H,1-8H3/t12-/m0/s1. The lowest BCUT2D eigenvalue weighted by Gasteiger charge is -2.39. The van der Waals surface area contributed by atoms with E-state index in [2.05, 4.69) is 83.5 Å². The lowest BCUT2D eigenvalue weighted by atomic mass is 9.86. The van der Waals surface area contributed by atoms with E-state index in [1.54, 1.807) is 0 Å². The van der Waals surface area contributed by atoms with E-state index in [9.17, 15) is 0 Å². The van der Waals surface area contributed by atoms with Gasteiger partial charge in [-0.05, 0) is 50.8 Å². The summed E-state index contributed by atoms with van der Waals surface area (Å²) in [6.07, 6.45) is 0.408. The second-order valence-corrected chi connectivity index (χ2v) is 7.74. The molecule has 1 heterocycles. The third-order valence-corrected chi connectivity index (χ3v) is 4.14. The van der Waals surface area contributed by atoms with Crippen LogP contribution in [0.4, 0.5) is 11.4 Å². The molecule has 0 spiro atoms. The molecule has 1 aliphatic heterocycles. The van der Waals surface area contributed by atoms with Crippen molar-refractivity contribution < 1.29 is 0 Å². The van der Waals surface area contributed by atoms with Crippen molar-refractivity contribution >= 4 is 11.4 Å². The zero-order valence-corrected chi connectivity index (χ0v) is 13.7. The van der Waals surface area contributed by atoms with Gasteiger partial charge in [0.25, 0.3) is 0 Å². The predicted molar refractivity (Wildman–Crippen MR) is 85.2 cm³/mol.